The molecule has 60 valence electrons. The molecule has 0 unspecified atom stereocenters. The van der Waals surface area contributed by atoms with Crippen LogP contribution in [0.15, 0.2) is 0 Å². The highest BCUT2D eigenvalue weighted by atomic mass is 127. The van der Waals surface area contributed by atoms with Crippen LogP contribution in [0.25, 0.3) is 0 Å². The van der Waals surface area contributed by atoms with Gasteiger partial charge in [-0.2, -0.15) is 0 Å². The van der Waals surface area contributed by atoms with Gasteiger partial charge in [-0.05, 0) is 12.8 Å². The standard InChI is InChI=1S/C7H14INO/c1-5(8)7-6(9)3-2-4-10-7/h5-7H,2-4,9H2,1H3/t5-,6+,7+/m1/s1. The van der Waals surface area contributed by atoms with E-state index in [1.54, 1.807) is 0 Å². The maximum absolute atomic E-state index is 5.85. The Morgan fingerprint density at radius 3 is 2.80 bits per heavy atom. The molecule has 1 rings (SSSR count). The van der Waals surface area contributed by atoms with Crippen molar-refractivity contribution in [1.82, 2.24) is 0 Å². The van der Waals surface area contributed by atoms with Crippen molar-refractivity contribution in [3.8, 4) is 0 Å². The Kier molecular flexibility index (Phi) is 3.39. The van der Waals surface area contributed by atoms with Gasteiger partial charge in [-0.3, -0.25) is 0 Å². The summed E-state index contributed by atoms with van der Waals surface area (Å²) < 4.78 is 6.05. The molecule has 3 heteroatoms. The summed E-state index contributed by atoms with van der Waals surface area (Å²) >= 11 is 2.37. The van der Waals surface area contributed by atoms with Gasteiger partial charge in [0.2, 0.25) is 0 Å². The molecule has 0 aliphatic carbocycles. The molecule has 2 N–H and O–H groups in total. The van der Waals surface area contributed by atoms with Gasteiger partial charge in [0, 0.05) is 16.6 Å². The molecular formula is C7H14INO. The lowest BCUT2D eigenvalue weighted by molar-refractivity contribution is 0.00590. The van der Waals surface area contributed by atoms with Gasteiger partial charge in [-0.25, -0.2) is 0 Å². The number of ether oxygens (including phenoxy) is 1. The average Bonchev–Trinajstić information content (AvgIpc) is 1.88. The van der Waals surface area contributed by atoms with Crippen LogP contribution in [0.4, 0.5) is 0 Å². The number of rotatable bonds is 1. The number of halogens is 1. The Morgan fingerprint density at radius 2 is 2.40 bits per heavy atom. The Hall–Kier alpha value is 0.650. The fourth-order valence-corrected chi connectivity index (χ4v) is 2.04. The molecule has 0 aromatic heterocycles. The lowest BCUT2D eigenvalue weighted by atomic mass is 10.0. The summed E-state index contributed by atoms with van der Waals surface area (Å²) in [6.07, 6.45) is 2.54. The van der Waals surface area contributed by atoms with Crippen molar-refractivity contribution in [2.24, 2.45) is 5.73 Å². The molecule has 10 heavy (non-hydrogen) atoms. The topological polar surface area (TPSA) is 35.2 Å². The zero-order chi connectivity index (χ0) is 7.56. The lowest BCUT2D eigenvalue weighted by Crippen LogP contribution is -2.44. The highest BCUT2D eigenvalue weighted by Crippen LogP contribution is 2.19. The van der Waals surface area contributed by atoms with E-state index < -0.39 is 0 Å². The van der Waals surface area contributed by atoms with Crippen LogP contribution < -0.4 is 5.73 Å². The monoisotopic (exact) mass is 255 g/mol. The van der Waals surface area contributed by atoms with Crippen LogP contribution in [0.1, 0.15) is 19.8 Å². The van der Waals surface area contributed by atoms with Gasteiger partial charge < -0.3 is 10.5 Å². The third-order valence-corrected chi connectivity index (χ3v) is 2.58. The van der Waals surface area contributed by atoms with Gasteiger partial charge >= 0.3 is 0 Å². The van der Waals surface area contributed by atoms with Gasteiger partial charge in [0.05, 0.1) is 6.10 Å². The fraction of sp³-hybridized carbons (Fsp3) is 1.00. The Balaban J connectivity index is 2.40. The van der Waals surface area contributed by atoms with Crippen molar-refractivity contribution in [2.75, 3.05) is 6.61 Å². The molecule has 0 aromatic carbocycles. The Labute approximate surface area is 75.6 Å². The molecule has 2 nitrogen and oxygen atoms in total. The normalized spacial score (nSPS) is 37.5. The minimum absolute atomic E-state index is 0.264. The number of hydrogen-bond donors (Lipinski definition) is 1. The van der Waals surface area contributed by atoms with Crippen LogP contribution in [0.3, 0.4) is 0 Å². The van der Waals surface area contributed by atoms with Crippen molar-refractivity contribution in [2.45, 2.75) is 35.8 Å². The molecule has 1 aliphatic heterocycles. The first-order valence-corrected chi connectivity index (χ1v) is 4.97. The SMILES string of the molecule is C[C@@H](I)[C@@H]1OCCC[C@@H]1N. The van der Waals surface area contributed by atoms with Gasteiger partial charge in [-0.15, -0.1) is 0 Å². The summed E-state index contributed by atoms with van der Waals surface area (Å²) in [6, 6.07) is 0.264. The van der Waals surface area contributed by atoms with Crippen molar-refractivity contribution in [1.29, 1.82) is 0 Å². The number of nitrogens with two attached hydrogens (primary N) is 1. The second kappa shape index (κ2) is 3.88. The summed E-state index contributed by atoms with van der Waals surface area (Å²) in [5.74, 6) is 0. The Morgan fingerprint density at radius 1 is 1.70 bits per heavy atom. The molecule has 0 saturated carbocycles. The van der Waals surface area contributed by atoms with Crippen molar-refractivity contribution in [3.63, 3.8) is 0 Å². The van der Waals surface area contributed by atoms with Gasteiger partial charge in [-0.1, -0.05) is 29.5 Å². The Bertz CT molecular complexity index is 108. The number of alkyl halides is 1. The predicted molar refractivity (Wildman–Crippen MR) is 50.4 cm³/mol. The van der Waals surface area contributed by atoms with E-state index in [9.17, 15) is 0 Å². The smallest absolute Gasteiger partial charge is 0.0840 e. The summed E-state index contributed by atoms with van der Waals surface area (Å²) in [4.78, 5) is 0. The molecule has 0 spiro atoms. The minimum atomic E-state index is 0.264. The maximum atomic E-state index is 5.85. The van der Waals surface area contributed by atoms with Crippen molar-refractivity contribution in [3.05, 3.63) is 0 Å². The van der Waals surface area contributed by atoms with Crippen LogP contribution in [0.5, 0.6) is 0 Å². The summed E-state index contributed by atoms with van der Waals surface area (Å²) in [5.41, 5.74) is 5.85. The zero-order valence-electron chi connectivity index (χ0n) is 6.22. The minimum Gasteiger partial charge on any atom is -0.376 e. The molecule has 3 atom stereocenters. The third-order valence-electron chi connectivity index (χ3n) is 1.87. The van der Waals surface area contributed by atoms with Crippen molar-refractivity contribution >= 4 is 22.6 Å². The summed E-state index contributed by atoms with van der Waals surface area (Å²) in [7, 11) is 0. The molecule has 0 bridgehead atoms. The summed E-state index contributed by atoms with van der Waals surface area (Å²) in [6.45, 7) is 3.04. The van der Waals surface area contributed by atoms with Crippen LogP contribution in [0.2, 0.25) is 0 Å². The first kappa shape index (κ1) is 8.74. The molecule has 0 amide bonds. The highest BCUT2D eigenvalue weighted by molar-refractivity contribution is 14.1. The average molecular weight is 255 g/mol. The van der Waals surface area contributed by atoms with Gasteiger partial charge in [0.25, 0.3) is 0 Å². The number of hydrogen-bond acceptors (Lipinski definition) is 2. The van der Waals surface area contributed by atoms with E-state index in [0.717, 1.165) is 19.4 Å². The van der Waals surface area contributed by atoms with E-state index in [2.05, 4.69) is 29.5 Å². The molecule has 0 aromatic rings. The maximum Gasteiger partial charge on any atom is 0.0840 e. The molecule has 1 heterocycles. The molecule has 1 aliphatic rings. The van der Waals surface area contributed by atoms with E-state index in [1.165, 1.54) is 0 Å². The predicted octanol–water partition coefficient (Wildman–Crippen LogP) is 1.32. The van der Waals surface area contributed by atoms with E-state index in [1.807, 2.05) is 0 Å². The first-order valence-electron chi connectivity index (χ1n) is 3.73. The van der Waals surface area contributed by atoms with E-state index in [0.29, 0.717) is 3.92 Å². The molecule has 0 radical (unpaired) electrons. The van der Waals surface area contributed by atoms with E-state index in [-0.39, 0.29) is 12.1 Å². The van der Waals surface area contributed by atoms with E-state index in [4.69, 9.17) is 10.5 Å². The molecular weight excluding hydrogens is 241 g/mol. The highest BCUT2D eigenvalue weighted by Gasteiger charge is 2.25. The van der Waals surface area contributed by atoms with E-state index >= 15 is 0 Å². The first-order chi connectivity index (χ1) is 4.72. The zero-order valence-corrected chi connectivity index (χ0v) is 8.37. The van der Waals surface area contributed by atoms with Gasteiger partial charge in [0.1, 0.15) is 0 Å². The van der Waals surface area contributed by atoms with Crippen molar-refractivity contribution < 1.29 is 4.74 Å². The second-order valence-electron chi connectivity index (χ2n) is 2.82. The van der Waals surface area contributed by atoms with Crippen LogP contribution in [-0.4, -0.2) is 22.7 Å². The van der Waals surface area contributed by atoms with Crippen LogP contribution in [0, 0.1) is 0 Å². The quantitative estimate of drug-likeness (QED) is 0.566. The summed E-state index contributed by atoms with van der Waals surface area (Å²) in [5, 5.41) is 0. The fourth-order valence-electron chi connectivity index (χ4n) is 1.30. The van der Waals surface area contributed by atoms with Crippen LogP contribution in [-0.2, 0) is 4.74 Å². The largest absolute Gasteiger partial charge is 0.376 e. The molecule has 1 saturated heterocycles. The third kappa shape index (κ3) is 2.07. The second-order valence-corrected chi connectivity index (χ2v) is 4.78. The molecule has 1 fully saturated rings. The van der Waals surface area contributed by atoms with Crippen LogP contribution >= 0.6 is 22.6 Å². The lowest BCUT2D eigenvalue weighted by Gasteiger charge is -2.30. The van der Waals surface area contributed by atoms with Gasteiger partial charge in [0.15, 0.2) is 0 Å².